The molecule has 0 spiro atoms. The van der Waals surface area contributed by atoms with Crippen molar-refractivity contribution in [3.8, 4) is 5.75 Å². The molecule has 1 aliphatic rings. The number of amides is 3. The zero-order valence-electron chi connectivity index (χ0n) is 22.1. The molecule has 38 heavy (non-hydrogen) atoms. The summed E-state index contributed by atoms with van der Waals surface area (Å²) in [4.78, 5) is 29.2. The maximum Gasteiger partial charge on any atom is 0.317 e. The number of hydrogen-bond acceptors (Lipinski definition) is 6. The number of hydrogen-bond donors (Lipinski definition) is 3. The van der Waals surface area contributed by atoms with Crippen molar-refractivity contribution in [3.63, 3.8) is 0 Å². The van der Waals surface area contributed by atoms with Crippen molar-refractivity contribution in [3.05, 3.63) is 53.1 Å². The van der Waals surface area contributed by atoms with Crippen LogP contribution in [0.3, 0.4) is 0 Å². The molecule has 1 heterocycles. The second kappa shape index (κ2) is 12.2. The molecule has 0 bridgehead atoms. The molecule has 0 fully saturated rings. The third kappa shape index (κ3) is 6.89. The van der Waals surface area contributed by atoms with Gasteiger partial charge in [-0.05, 0) is 57.2 Å². The number of carbonyl (C=O) groups is 2. The number of urea groups is 1. The average molecular weight is 567 g/mol. The number of halogens is 1. The Morgan fingerprint density at radius 2 is 1.87 bits per heavy atom. The van der Waals surface area contributed by atoms with Crippen LogP contribution in [0.1, 0.15) is 38.1 Å². The minimum absolute atomic E-state index is 0.0118. The van der Waals surface area contributed by atoms with Gasteiger partial charge in [-0.2, -0.15) is 0 Å². The summed E-state index contributed by atoms with van der Waals surface area (Å²) >= 11 is 5.91. The minimum atomic E-state index is -4.05. The monoisotopic (exact) mass is 566 g/mol. The highest BCUT2D eigenvalue weighted by molar-refractivity contribution is 7.92. The summed E-state index contributed by atoms with van der Waals surface area (Å²) in [6.07, 6.45) is -0.598. The summed E-state index contributed by atoms with van der Waals surface area (Å²) in [5.74, 6) is -0.610. The van der Waals surface area contributed by atoms with Crippen LogP contribution in [0.2, 0.25) is 5.02 Å². The Kier molecular flexibility index (Phi) is 9.50. The van der Waals surface area contributed by atoms with Gasteiger partial charge in [0.05, 0.1) is 35.3 Å². The van der Waals surface area contributed by atoms with Crippen molar-refractivity contribution < 1.29 is 27.9 Å². The highest BCUT2D eigenvalue weighted by atomic mass is 35.5. The van der Waals surface area contributed by atoms with Gasteiger partial charge in [-0.3, -0.25) is 9.52 Å². The fraction of sp³-hybridized carbons (Fsp3) is 0.462. The number of ether oxygens (including phenoxy) is 1. The van der Waals surface area contributed by atoms with Gasteiger partial charge in [0.25, 0.3) is 15.9 Å². The summed E-state index contributed by atoms with van der Waals surface area (Å²) in [5.41, 5.74) is 0.226. The number of benzene rings is 2. The van der Waals surface area contributed by atoms with Gasteiger partial charge in [-0.15, -0.1) is 0 Å². The summed E-state index contributed by atoms with van der Waals surface area (Å²) in [6, 6.07) is 9.47. The molecule has 2 aromatic rings. The third-order valence-corrected chi connectivity index (χ3v) is 7.91. The summed E-state index contributed by atoms with van der Waals surface area (Å²) in [5, 5.41) is 13.1. The van der Waals surface area contributed by atoms with Crippen LogP contribution >= 0.6 is 11.6 Å². The molecule has 0 aliphatic carbocycles. The molecule has 0 radical (unpaired) electrons. The Balaban J connectivity index is 2.05. The SMILES string of the molecule is CC(C)NC(=O)N(C)C[C@@H]1Oc2c(NS(=O)(=O)c3ccc(Cl)cc3)cccc2C(=O)N([C@H](C)CO)C[C@@H]1C. The first-order chi connectivity index (χ1) is 17.8. The van der Waals surface area contributed by atoms with Crippen molar-refractivity contribution in [2.75, 3.05) is 31.5 Å². The highest BCUT2D eigenvalue weighted by Crippen LogP contribution is 2.36. The van der Waals surface area contributed by atoms with Crippen LogP contribution in [0.4, 0.5) is 10.5 Å². The number of aliphatic hydroxyl groups is 1. The Hall–Kier alpha value is -3.02. The summed E-state index contributed by atoms with van der Waals surface area (Å²) < 4.78 is 35.2. The summed E-state index contributed by atoms with van der Waals surface area (Å²) in [7, 11) is -2.40. The number of carbonyl (C=O) groups excluding carboxylic acids is 2. The number of rotatable bonds is 8. The van der Waals surface area contributed by atoms with Crippen LogP contribution < -0.4 is 14.8 Å². The first-order valence-electron chi connectivity index (χ1n) is 12.4. The van der Waals surface area contributed by atoms with Gasteiger partial charge in [-0.1, -0.05) is 24.6 Å². The number of aliphatic hydroxyl groups excluding tert-OH is 1. The number of nitrogens with one attached hydrogen (secondary N) is 2. The van der Waals surface area contributed by atoms with E-state index in [2.05, 4.69) is 10.0 Å². The second-order valence-electron chi connectivity index (χ2n) is 9.85. The molecule has 3 atom stereocenters. The van der Waals surface area contributed by atoms with E-state index in [1.165, 1.54) is 35.2 Å². The largest absolute Gasteiger partial charge is 0.485 e. The average Bonchev–Trinajstić information content (AvgIpc) is 2.85. The zero-order chi connectivity index (χ0) is 28.2. The molecule has 2 aromatic carbocycles. The number of sulfonamides is 1. The van der Waals surface area contributed by atoms with E-state index in [-0.39, 0.29) is 59.6 Å². The molecule has 0 saturated heterocycles. The number of anilines is 1. The Morgan fingerprint density at radius 1 is 1.21 bits per heavy atom. The Morgan fingerprint density at radius 3 is 2.47 bits per heavy atom. The van der Waals surface area contributed by atoms with E-state index in [9.17, 15) is 23.1 Å². The minimum Gasteiger partial charge on any atom is -0.485 e. The molecular formula is C26H35ClN4O6S. The topological polar surface area (TPSA) is 128 Å². The molecule has 0 aromatic heterocycles. The first-order valence-corrected chi connectivity index (χ1v) is 14.2. The zero-order valence-corrected chi connectivity index (χ0v) is 23.7. The third-order valence-electron chi connectivity index (χ3n) is 6.27. The van der Waals surface area contributed by atoms with Crippen LogP contribution in [0, 0.1) is 5.92 Å². The maximum atomic E-state index is 13.6. The molecule has 10 nitrogen and oxygen atoms in total. The highest BCUT2D eigenvalue weighted by Gasteiger charge is 2.35. The molecule has 1 aliphatic heterocycles. The van der Waals surface area contributed by atoms with Gasteiger partial charge < -0.3 is 25.0 Å². The van der Waals surface area contributed by atoms with Crippen molar-refractivity contribution in [1.82, 2.24) is 15.1 Å². The van der Waals surface area contributed by atoms with E-state index >= 15 is 0 Å². The van der Waals surface area contributed by atoms with Gasteiger partial charge in [0.2, 0.25) is 0 Å². The first kappa shape index (κ1) is 29.5. The smallest absolute Gasteiger partial charge is 0.317 e. The van der Waals surface area contributed by atoms with Crippen molar-refractivity contribution in [2.24, 2.45) is 5.92 Å². The van der Waals surface area contributed by atoms with E-state index in [1.54, 1.807) is 31.0 Å². The van der Waals surface area contributed by atoms with Crippen LogP contribution in [-0.2, 0) is 10.0 Å². The lowest BCUT2D eigenvalue weighted by Gasteiger charge is -2.38. The van der Waals surface area contributed by atoms with Crippen molar-refractivity contribution in [1.29, 1.82) is 0 Å². The predicted molar refractivity (Wildman–Crippen MR) is 146 cm³/mol. The van der Waals surface area contributed by atoms with Gasteiger partial charge in [0.1, 0.15) is 6.10 Å². The lowest BCUT2D eigenvalue weighted by atomic mass is 9.99. The molecule has 3 rings (SSSR count). The van der Waals surface area contributed by atoms with Crippen LogP contribution in [0.25, 0.3) is 0 Å². The molecule has 208 valence electrons. The number of likely N-dealkylation sites (N-methyl/N-ethyl adjacent to an activating group) is 1. The van der Waals surface area contributed by atoms with Crippen LogP contribution in [0.15, 0.2) is 47.4 Å². The maximum absolute atomic E-state index is 13.6. The number of para-hydroxylation sites is 1. The number of fused-ring (bicyclic) bond motifs is 1. The molecule has 12 heteroatoms. The Labute approximate surface area is 229 Å². The van der Waals surface area contributed by atoms with Crippen molar-refractivity contribution >= 4 is 39.2 Å². The fourth-order valence-electron chi connectivity index (χ4n) is 4.07. The van der Waals surface area contributed by atoms with Gasteiger partial charge in [0, 0.05) is 30.6 Å². The van der Waals surface area contributed by atoms with Crippen LogP contribution in [0.5, 0.6) is 5.75 Å². The van der Waals surface area contributed by atoms with Crippen molar-refractivity contribution in [2.45, 2.75) is 50.8 Å². The fourth-order valence-corrected chi connectivity index (χ4v) is 5.26. The molecule has 0 saturated carbocycles. The van der Waals surface area contributed by atoms with E-state index < -0.39 is 28.1 Å². The standard InChI is InChI=1S/C26H35ClN4O6S/c1-16(2)28-26(34)30(5)14-23-17(3)13-31(18(4)15-32)25(33)21-7-6-8-22(24(21)37-23)29-38(35,36)20-11-9-19(27)10-12-20/h6-12,16-18,23,29,32H,13-15H2,1-5H3,(H,28,34)/t17-,18+,23-/m0/s1. The number of nitrogens with zero attached hydrogens (tertiary/aromatic N) is 2. The molecule has 3 N–H and O–H groups in total. The van der Waals surface area contributed by atoms with Gasteiger partial charge >= 0.3 is 6.03 Å². The summed E-state index contributed by atoms with van der Waals surface area (Å²) in [6.45, 7) is 7.52. The molecular weight excluding hydrogens is 532 g/mol. The molecule has 3 amide bonds. The lowest BCUT2D eigenvalue weighted by molar-refractivity contribution is 0.0369. The van der Waals surface area contributed by atoms with Gasteiger partial charge in [-0.25, -0.2) is 13.2 Å². The normalized spacial score (nSPS) is 18.6. The molecule has 0 unspecified atom stereocenters. The predicted octanol–water partition coefficient (Wildman–Crippen LogP) is 3.41. The van der Waals surface area contributed by atoms with Gasteiger partial charge in [0.15, 0.2) is 5.75 Å². The van der Waals surface area contributed by atoms with E-state index in [4.69, 9.17) is 16.3 Å². The van der Waals surface area contributed by atoms with Crippen LogP contribution in [-0.4, -0.2) is 80.2 Å². The van der Waals surface area contributed by atoms with E-state index in [1.807, 2.05) is 20.8 Å². The quantitative estimate of drug-likeness (QED) is 0.449. The second-order valence-corrected chi connectivity index (χ2v) is 12.0. The van der Waals surface area contributed by atoms with E-state index in [0.29, 0.717) is 5.02 Å². The lowest BCUT2D eigenvalue weighted by Crippen LogP contribution is -2.51. The Bertz CT molecular complexity index is 1250. The van der Waals surface area contributed by atoms with E-state index in [0.717, 1.165) is 0 Å².